The smallest absolute Gasteiger partial charge is 0.170 e. The molecule has 0 aliphatic heterocycles. The van der Waals surface area contributed by atoms with Gasteiger partial charge >= 0.3 is 0 Å². The largest absolute Gasteiger partial charge is 0.493 e. The molecule has 1 aromatic heterocycles. The zero-order chi connectivity index (χ0) is 12.1. The van der Waals surface area contributed by atoms with Crippen LogP contribution in [0.4, 0.5) is 0 Å². The second-order valence-electron chi connectivity index (χ2n) is 3.64. The first-order valence-corrected chi connectivity index (χ1v) is 5.67. The molecule has 17 heavy (non-hydrogen) atoms. The van der Waals surface area contributed by atoms with Crippen molar-refractivity contribution in [1.29, 1.82) is 0 Å². The van der Waals surface area contributed by atoms with Crippen LogP contribution in [-0.4, -0.2) is 18.8 Å². The maximum atomic E-state index is 5.56. The highest BCUT2D eigenvalue weighted by Crippen LogP contribution is 2.30. The van der Waals surface area contributed by atoms with E-state index in [4.69, 9.17) is 9.26 Å². The molecule has 1 N–H and O–H groups in total. The number of benzene rings is 1. The van der Waals surface area contributed by atoms with E-state index in [0.29, 0.717) is 13.2 Å². The van der Waals surface area contributed by atoms with Gasteiger partial charge in [-0.15, -0.1) is 0 Å². The predicted octanol–water partition coefficient (Wildman–Crippen LogP) is 2.46. The molecular formula is C13H16N2O2. The molecule has 0 atom stereocenters. The van der Waals surface area contributed by atoms with Crippen molar-refractivity contribution in [3.05, 3.63) is 36.0 Å². The van der Waals surface area contributed by atoms with E-state index < -0.39 is 0 Å². The SMILES string of the molecule is CCOc1ccccc1-c1cc(CNC)no1. The van der Waals surface area contributed by atoms with E-state index in [1.807, 2.05) is 44.3 Å². The molecule has 0 fully saturated rings. The van der Waals surface area contributed by atoms with Gasteiger partial charge in [0.1, 0.15) is 5.75 Å². The van der Waals surface area contributed by atoms with Crippen molar-refractivity contribution in [3.8, 4) is 17.1 Å². The van der Waals surface area contributed by atoms with Crippen LogP contribution in [0.1, 0.15) is 12.6 Å². The Morgan fingerprint density at radius 3 is 2.94 bits per heavy atom. The summed E-state index contributed by atoms with van der Waals surface area (Å²) in [5, 5.41) is 7.03. The average molecular weight is 232 g/mol. The minimum atomic E-state index is 0.633. The van der Waals surface area contributed by atoms with E-state index in [0.717, 1.165) is 22.8 Å². The molecule has 0 saturated heterocycles. The molecule has 4 heteroatoms. The first-order chi connectivity index (χ1) is 8.35. The lowest BCUT2D eigenvalue weighted by Crippen LogP contribution is -2.04. The van der Waals surface area contributed by atoms with E-state index in [-0.39, 0.29) is 0 Å². The van der Waals surface area contributed by atoms with Crippen LogP contribution in [-0.2, 0) is 6.54 Å². The third-order valence-corrected chi connectivity index (χ3v) is 2.37. The van der Waals surface area contributed by atoms with E-state index in [2.05, 4.69) is 10.5 Å². The normalized spacial score (nSPS) is 10.5. The zero-order valence-corrected chi connectivity index (χ0v) is 10.1. The molecule has 4 nitrogen and oxygen atoms in total. The molecule has 1 aromatic carbocycles. The number of hydrogen-bond donors (Lipinski definition) is 1. The van der Waals surface area contributed by atoms with Crippen molar-refractivity contribution < 1.29 is 9.26 Å². The Kier molecular flexibility index (Phi) is 3.77. The first-order valence-electron chi connectivity index (χ1n) is 5.67. The van der Waals surface area contributed by atoms with Crippen molar-refractivity contribution in [3.63, 3.8) is 0 Å². The van der Waals surface area contributed by atoms with Crippen molar-refractivity contribution in [1.82, 2.24) is 10.5 Å². The van der Waals surface area contributed by atoms with Crippen molar-refractivity contribution in [2.75, 3.05) is 13.7 Å². The van der Waals surface area contributed by atoms with Crippen LogP contribution < -0.4 is 10.1 Å². The molecule has 0 bridgehead atoms. The Morgan fingerprint density at radius 1 is 1.35 bits per heavy atom. The third-order valence-electron chi connectivity index (χ3n) is 2.37. The number of aromatic nitrogens is 1. The fraction of sp³-hybridized carbons (Fsp3) is 0.308. The maximum absolute atomic E-state index is 5.56. The zero-order valence-electron chi connectivity index (χ0n) is 10.1. The number of nitrogens with zero attached hydrogens (tertiary/aromatic N) is 1. The highest BCUT2D eigenvalue weighted by atomic mass is 16.5. The lowest BCUT2D eigenvalue weighted by atomic mass is 10.1. The summed E-state index contributed by atoms with van der Waals surface area (Å²) in [4.78, 5) is 0. The standard InChI is InChI=1S/C13H16N2O2/c1-3-16-12-7-5-4-6-11(12)13-8-10(9-14-2)15-17-13/h4-8,14H,3,9H2,1-2H3. The van der Waals surface area contributed by atoms with Gasteiger partial charge in [0.2, 0.25) is 0 Å². The van der Waals surface area contributed by atoms with Crippen LogP contribution in [0.15, 0.2) is 34.9 Å². The maximum Gasteiger partial charge on any atom is 0.170 e. The van der Waals surface area contributed by atoms with Gasteiger partial charge in [-0.2, -0.15) is 0 Å². The van der Waals surface area contributed by atoms with Crippen molar-refractivity contribution >= 4 is 0 Å². The molecule has 0 aliphatic carbocycles. The number of hydrogen-bond acceptors (Lipinski definition) is 4. The molecular weight excluding hydrogens is 216 g/mol. The van der Waals surface area contributed by atoms with Gasteiger partial charge in [-0.1, -0.05) is 17.3 Å². The summed E-state index contributed by atoms with van der Waals surface area (Å²) < 4.78 is 10.9. The fourth-order valence-corrected chi connectivity index (χ4v) is 1.65. The minimum absolute atomic E-state index is 0.633. The van der Waals surface area contributed by atoms with Crippen LogP contribution in [0.3, 0.4) is 0 Å². The molecule has 0 aliphatic rings. The minimum Gasteiger partial charge on any atom is -0.493 e. The van der Waals surface area contributed by atoms with Crippen LogP contribution in [0.25, 0.3) is 11.3 Å². The molecule has 0 amide bonds. The Morgan fingerprint density at radius 2 is 2.18 bits per heavy atom. The number of para-hydroxylation sites is 1. The van der Waals surface area contributed by atoms with Gasteiger partial charge in [0.25, 0.3) is 0 Å². The summed E-state index contributed by atoms with van der Waals surface area (Å²) in [6, 6.07) is 9.72. The Balaban J connectivity index is 2.31. The lowest BCUT2D eigenvalue weighted by Gasteiger charge is -2.06. The molecule has 1 heterocycles. The topological polar surface area (TPSA) is 47.3 Å². The third kappa shape index (κ3) is 2.65. The first kappa shape index (κ1) is 11.7. The molecule has 0 unspecified atom stereocenters. The van der Waals surface area contributed by atoms with Gasteiger partial charge in [0, 0.05) is 12.6 Å². The van der Waals surface area contributed by atoms with E-state index in [9.17, 15) is 0 Å². The van der Waals surface area contributed by atoms with Crippen molar-refractivity contribution in [2.24, 2.45) is 0 Å². The van der Waals surface area contributed by atoms with Crippen LogP contribution >= 0.6 is 0 Å². The summed E-state index contributed by atoms with van der Waals surface area (Å²) in [5.41, 5.74) is 1.82. The van der Waals surface area contributed by atoms with Gasteiger partial charge in [-0.3, -0.25) is 0 Å². The highest BCUT2D eigenvalue weighted by molar-refractivity contribution is 5.65. The van der Waals surface area contributed by atoms with E-state index >= 15 is 0 Å². The molecule has 90 valence electrons. The van der Waals surface area contributed by atoms with Gasteiger partial charge in [-0.05, 0) is 26.1 Å². The van der Waals surface area contributed by atoms with Crippen molar-refractivity contribution in [2.45, 2.75) is 13.5 Å². The summed E-state index contributed by atoms with van der Waals surface area (Å²) in [5.74, 6) is 1.56. The number of nitrogens with one attached hydrogen (secondary N) is 1. The quantitative estimate of drug-likeness (QED) is 0.860. The van der Waals surface area contributed by atoms with Crippen LogP contribution in [0, 0.1) is 0 Å². The summed E-state index contributed by atoms with van der Waals surface area (Å²) in [6.45, 7) is 3.29. The summed E-state index contributed by atoms with van der Waals surface area (Å²) in [6.07, 6.45) is 0. The fourth-order valence-electron chi connectivity index (χ4n) is 1.65. The predicted molar refractivity (Wildman–Crippen MR) is 65.9 cm³/mol. The second-order valence-corrected chi connectivity index (χ2v) is 3.64. The highest BCUT2D eigenvalue weighted by Gasteiger charge is 2.11. The lowest BCUT2D eigenvalue weighted by molar-refractivity contribution is 0.339. The number of ether oxygens (including phenoxy) is 1. The molecule has 0 radical (unpaired) electrons. The van der Waals surface area contributed by atoms with Gasteiger partial charge < -0.3 is 14.6 Å². The van der Waals surface area contributed by atoms with Crippen LogP contribution in [0.2, 0.25) is 0 Å². The Hall–Kier alpha value is -1.81. The molecule has 2 rings (SSSR count). The monoisotopic (exact) mass is 232 g/mol. The summed E-state index contributed by atoms with van der Waals surface area (Å²) >= 11 is 0. The van der Waals surface area contributed by atoms with Gasteiger partial charge in [0.15, 0.2) is 5.76 Å². The molecule has 0 saturated carbocycles. The molecule has 2 aromatic rings. The summed E-state index contributed by atoms with van der Waals surface area (Å²) in [7, 11) is 1.88. The van der Waals surface area contributed by atoms with E-state index in [1.165, 1.54) is 0 Å². The Bertz CT molecular complexity index is 480. The molecule has 0 spiro atoms. The number of rotatable bonds is 5. The second kappa shape index (κ2) is 5.50. The van der Waals surface area contributed by atoms with Gasteiger partial charge in [0.05, 0.1) is 17.9 Å². The van der Waals surface area contributed by atoms with Gasteiger partial charge in [-0.25, -0.2) is 0 Å². The van der Waals surface area contributed by atoms with E-state index in [1.54, 1.807) is 0 Å². The average Bonchev–Trinajstić information content (AvgIpc) is 2.79. The Labute approximate surface area is 101 Å². The van der Waals surface area contributed by atoms with Crippen LogP contribution in [0.5, 0.6) is 5.75 Å².